The van der Waals surface area contributed by atoms with Crippen LogP contribution in [0, 0.1) is 0 Å². The molecule has 0 unspecified atom stereocenters. The van der Waals surface area contributed by atoms with Crippen molar-refractivity contribution >= 4 is 17.4 Å². The van der Waals surface area contributed by atoms with Gasteiger partial charge in [0.05, 0.1) is 34.8 Å². The highest BCUT2D eigenvalue weighted by Gasteiger charge is 2.27. The van der Waals surface area contributed by atoms with Gasteiger partial charge in [-0.3, -0.25) is 0 Å². The van der Waals surface area contributed by atoms with Gasteiger partial charge in [0.1, 0.15) is 0 Å². The molecule has 0 saturated heterocycles. The molecule has 0 rings (SSSR count). The standard InChI is InChI=1S/C8H20P.CH4O3S/c1-5-9(6-2,7-3)8-4;1-5(2,3)4/h5-8H2,1-4H3;1H3,(H,2,3,4)/q+1;/p-1. The number of hydrogen-bond acceptors (Lipinski definition) is 3. The van der Waals surface area contributed by atoms with E-state index in [0.29, 0.717) is 6.26 Å². The Bertz CT molecular complexity index is 195. The number of hydrogen-bond donors (Lipinski definition) is 0. The molecule has 88 valence electrons. The van der Waals surface area contributed by atoms with E-state index >= 15 is 0 Å². The molecule has 0 aromatic rings. The molecule has 0 aliphatic rings. The van der Waals surface area contributed by atoms with Crippen molar-refractivity contribution in [2.24, 2.45) is 0 Å². The molecule has 0 aliphatic heterocycles. The molecular weight excluding hydrogens is 219 g/mol. The number of rotatable bonds is 4. The Kier molecular flexibility index (Phi) is 9.11. The normalized spacial score (nSPS) is 11.9. The lowest BCUT2D eigenvalue weighted by Crippen LogP contribution is -2.04. The first-order chi connectivity index (χ1) is 6.24. The van der Waals surface area contributed by atoms with Crippen LogP contribution in [0.25, 0.3) is 0 Å². The van der Waals surface area contributed by atoms with E-state index < -0.39 is 17.4 Å². The van der Waals surface area contributed by atoms with Gasteiger partial charge in [0.25, 0.3) is 0 Å². The van der Waals surface area contributed by atoms with E-state index in [4.69, 9.17) is 13.0 Å². The fourth-order valence-corrected chi connectivity index (χ4v) is 4.02. The third kappa shape index (κ3) is 10.4. The van der Waals surface area contributed by atoms with Crippen LogP contribution in [0.2, 0.25) is 0 Å². The maximum atomic E-state index is 9.08. The van der Waals surface area contributed by atoms with Gasteiger partial charge < -0.3 is 4.55 Å². The summed E-state index contributed by atoms with van der Waals surface area (Å²) in [6.07, 6.45) is 6.42. The zero-order valence-electron chi connectivity index (χ0n) is 9.91. The lowest BCUT2D eigenvalue weighted by molar-refractivity contribution is 0.470. The van der Waals surface area contributed by atoms with E-state index in [1.165, 1.54) is 24.6 Å². The minimum absolute atomic E-state index is 0.420. The Morgan fingerprint density at radius 2 is 1.07 bits per heavy atom. The first-order valence-corrected chi connectivity index (χ1v) is 9.35. The predicted octanol–water partition coefficient (Wildman–Crippen LogP) is 2.25. The molecule has 14 heavy (non-hydrogen) atoms. The summed E-state index contributed by atoms with van der Waals surface area (Å²) in [6, 6.07) is 0. The first-order valence-electron chi connectivity index (χ1n) is 5.00. The van der Waals surface area contributed by atoms with E-state index in [0.717, 1.165) is 0 Å². The Morgan fingerprint density at radius 1 is 0.929 bits per heavy atom. The highest BCUT2D eigenvalue weighted by molar-refractivity contribution is 7.84. The topological polar surface area (TPSA) is 57.2 Å². The Hall–Kier alpha value is 0.340. The van der Waals surface area contributed by atoms with Gasteiger partial charge in [-0.25, -0.2) is 8.42 Å². The Morgan fingerprint density at radius 3 is 1.07 bits per heavy atom. The summed E-state index contributed by atoms with van der Waals surface area (Å²) in [5, 5.41) is 0. The molecule has 0 bridgehead atoms. The van der Waals surface area contributed by atoms with Crippen LogP contribution in [0.15, 0.2) is 0 Å². The zero-order chi connectivity index (χ0) is 11.8. The summed E-state index contributed by atoms with van der Waals surface area (Å²) >= 11 is 0. The van der Waals surface area contributed by atoms with Crippen LogP contribution < -0.4 is 0 Å². The van der Waals surface area contributed by atoms with Crippen molar-refractivity contribution in [3.63, 3.8) is 0 Å². The maximum absolute atomic E-state index is 9.08. The van der Waals surface area contributed by atoms with Gasteiger partial charge in [-0.15, -0.1) is 0 Å². The zero-order valence-corrected chi connectivity index (χ0v) is 11.6. The van der Waals surface area contributed by atoms with Crippen molar-refractivity contribution in [2.45, 2.75) is 27.7 Å². The second-order valence-corrected chi connectivity index (χ2v) is 9.93. The molecule has 0 saturated carbocycles. The third-order valence-corrected chi connectivity index (χ3v) is 8.05. The van der Waals surface area contributed by atoms with Crippen molar-refractivity contribution in [3.05, 3.63) is 0 Å². The second-order valence-electron chi connectivity index (χ2n) is 3.31. The monoisotopic (exact) mass is 242 g/mol. The highest BCUT2D eigenvalue weighted by Crippen LogP contribution is 2.57. The average molecular weight is 242 g/mol. The smallest absolute Gasteiger partial charge is 0.0916 e. The Balaban J connectivity index is 0. The van der Waals surface area contributed by atoms with Gasteiger partial charge in [-0.2, -0.15) is 0 Å². The van der Waals surface area contributed by atoms with Crippen LogP contribution >= 0.6 is 7.26 Å². The highest BCUT2D eigenvalue weighted by atomic mass is 32.2. The van der Waals surface area contributed by atoms with Crippen LogP contribution in [0.1, 0.15) is 27.7 Å². The molecule has 0 radical (unpaired) electrons. The second kappa shape index (κ2) is 7.61. The lowest BCUT2D eigenvalue weighted by Gasteiger charge is -2.20. The summed E-state index contributed by atoms with van der Waals surface area (Å²) in [5.74, 6) is 0. The van der Waals surface area contributed by atoms with Crippen LogP contribution in [-0.2, 0) is 10.1 Å². The van der Waals surface area contributed by atoms with Crippen molar-refractivity contribution in [3.8, 4) is 0 Å². The molecule has 3 nitrogen and oxygen atoms in total. The third-order valence-electron chi connectivity index (χ3n) is 2.68. The summed E-state index contributed by atoms with van der Waals surface area (Å²) in [4.78, 5) is 0. The van der Waals surface area contributed by atoms with Crippen molar-refractivity contribution in [1.29, 1.82) is 0 Å². The van der Waals surface area contributed by atoms with E-state index in [2.05, 4.69) is 27.7 Å². The fourth-order valence-electron chi connectivity index (χ4n) is 1.34. The van der Waals surface area contributed by atoms with Crippen LogP contribution in [-0.4, -0.2) is 43.9 Å². The summed E-state index contributed by atoms with van der Waals surface area (Å²) < 4.78 is 27.2. The molecule has 0 atom stereocenters. The molecule has 0 aromatic heterocycles. The largest absolute Gasteiger partial charge is 0.748 e. The molecule has 0 amide bonds. The van der Waals surface area contributed by atoms with Crippen molar-refractivity contribution < 1.29 is 13.0 Å². The van der Waals surface area contributed by atoms with Gasteiger partial charge in [0.15, 0.2) is 0 Å². The van der Waals surface area contributed by atoms with E-state index in [1.54, 1.807) is 0 Å². The average Bonchev–Trinajstić information content (AvgIpc) is 2.07. The summed E-state index contributed by atoms with van der Waals surface area (Å²) in [5.41, 5.74) is 0. The molecule has 0 heterocycles. The van der Waals surface area contributed by atoms with Crippen LogP contribution in [0.4, 0.5) is 0 Å². The summed E-state index contributed by atoms with van der Waals surface area (Å²) in [7, 11) is -4.34. The Labute approximate surface area is 89.4 Å². The minimum Gasteiger partial charge on any atom is -0.748 e. The molecule has 0 N–H and O–H groups in total. The lowest BCUT2D eigenvalue weighted by atomic mass is 10.9. The quantitative estimate of drug-likeness (QED) is 0.561. The fraction of sp³-hybridized carbons (Fsp3) is 1.00. The van der Waals surface area contributed by atoms with E-state index in [9.17, 15) is 0 Å². The predicted molar refractivity (Wildman–Crippen MR) is 64.7 cm³/mol. The van der Waals surface area contributed by atoms with Crippen LogP contribution in [0.3, 0.4) is 0 Å². The molecule has 0 spiro atoms. The molecular formula is C9H23O3PS. The molecule has 0 aliphatic carbocycles. The van der Waals surface area contributed by atoms with Crippen LogP contribution in [0.5, 0.6) is 0 Å². The SMILES string of the molecule is CC[P+](CC)(CC)CC.CS(=O)(=O)[O-]. The molecule has 5 heteroatoms. The van der Waals surface area contributed by atoms with Gasteiger partial charge in [0, 0.05) is 13.5 Å². The summed E-state index contributed by atoms with van der Waals surface area (Å²) in [6.45, 7) is 9.41. The molecule has 0 aromatic carbocycles. The first kappa shape index (κ1) is 16.8. The van der Waals surface area contributed by atoms with Gasteiger partial charge in [-0.05, 0) is 27.7 Å². The minimum atomic E-state index is -3.92. The maximum Gasteiger partial charge on any atom is 0.0916 e. The van der Waals surface area contributed by atoms with Crippen molar-refractivity contribution in [1.82, 2.24) is 0 Å². The van der Waals surface area contributed by atoms with Gasteiger partial charge >= 0.3 is 0 Å². The molecule has 0 fully saturated rings. The van der Waals surface area contributed by atoms with Gasteiger partial charge in [0.2, 0.25) is 0 Å². The van der Waals surface area contributed by atoms with Crippen molar-refractivity contribution in [2.75, 3.05) is 30.9 Å². The van der Waals surface area contributed by atoms with Gasteiger partial charge in [-0.1, -0.05) is 0 Å². The van der Waals surface area contributed by atoms with E-state index in [1.807, 2.05) is 0 Å². The van der Waals surface area contributed by atoms with E-state index in [-0.39, 0.29) is 0 Å².